The van der Waals surface area contributed by atoms with Crippen LogP contribution in [0.4, 0.5) is 11.4 Å². The van der Waals surface area contributed by atoms with Gasteiger partial charge >= 0.3 is 0 Å². The van der Waals surface area contributed by atoms with Gasteiger partial charge < -0.3 is 13.7 Å². The molecule has 0 fully saturated rings. The Morgan fingerprint density at radius 2 is 0.891 bits per heavy atom. The molecule has 0 bridgehead atoms. The molecule has 0 saturated heterocycles. The molecule has 55 heavy (non-hydrogen) atoms. The SMILES string of the molecule is [C-]#[N+]c1cc(-n2c3ccccc3c3cccc(-n4c5ccccc5c5ccccc54)c32)ccc1-c1cccc(-n2c3ccccc3c3c([N+]#[C-])cccc32)c1. The summed E-state index contributed by atoms with van der Waals surface area (Å²) in [5.74, 6) is 0. The molecule has 0 aliphatic heterocycles. The van der Waals surface area contributed by atoms with Gasteiger partial charge in [0.25, 0.3) is 0 Å². The molecule has 0 aliphatic carbocycles. The molecule has 8 aromatic carbocycles. The van der Waals surface area contributed by atoms with Crippen LogP contribution in [0, 0.1) is 13.1 Å². The average Bonchev–Trinajstić information content (AvgIpc) is 3.89. The van der Waals surface area contributed by atoms with Gasteiger partial charge in [0.2, 0.25) is 0 Å². The van der Waals surface area contributed by atoms with Gasteiger partial charge in [0, 0.05) is 43.8 Å². The van der Waals surface area contributed by atoms with Gasteiger partial charge in [-0.15, -0.1) is 0 Å². The van der Waals surface area contributed by atoms with E-state index in [4.69, 9.17) is 13.1 Å². The predicted octanol–water partition coefficient (Wildman–Crippen LogP) is 13.7. The fourth-order valence-electron chi connectivity index (χ4n) is 8.81. The number of hydrogen-bond acceptors (Lipinski definition) is 0. The zero-order valence-electron chi connectivity index (χ0n) is 29.5. The fourth-order valence-corrected chi connectivity index (χ4v) is 8.81. The first kappa shape index (κ1) is 30.7. The smallest absolute Gasteiger partial charge is 0.197 e. The third-order valence-electron chi connectivity index (χ3n) is 11.1. The van der Waals surface area contributed by atoms with Gasteiger partial charge in [0.05, 0.1) is 46.4 Å². The normalized spacial score (nSPS) is 11.6. The topological polar surface area (TPSA) is 23.5 Å². The molecular weight excluding hydrogens is 671 g/mol. The Morgan fingerprint density at radius 1 is 0.364 bits per heavy atom. The molecule has 254 valence electrons. The first-order valence-electron chi connectivity index (χ1n) is 18.3. The van der Waals surface area contributed by atoms with Crippen molar-refractivity contribution in [2.45, 2.75) is 0 Å². The standard InChI is InChI=1S/C50H29N5/c1-51-41-21-13-26-47-49(41)40-19-6-10-25-46(40)53(47)33-15-11-14-32(30-33)35-29-28-34(31-42(35)52-2)54-43-22-7-5-18-38(43)39-20-12-27-48(50(39)54)55-44-23-8-3-16-36(44)37-17-4-9-24-45(37)55/h3-31H. The monoisotopic (exact) mass is 699 g/mol. The molecule has 0 aliphatic rings. The molecule has 0 amide bonds. The van der Waals surface area contributed by atoms with Crippen molar-refractivity contribution in [2.75, 3.05) is 0 Å². The summed E-state index contributed by atoms with van der Waals surface area (Å²) in [5, 5.41) is 6.75. The molecule has 0 spiro atoms. The number of para-hydroxylation sites is 5. The van der Waals surface area contributed by atoms with Crippen LogP contribution in [0.1, 0.15) is 0 Å². The summed E-state index contributed by atoms with van der Waals surface area (Å²) in [7, 11) is 0. The van der Waals surface area contributed by atoms with Crippen LogP contribution in [-0.2, 0) is 0 Å². The number of benzene rings is 8. The molecular formula is C50H29N5. The minimum atomic E-state index is 0.576. The number of fused-ring (bicyclic) bond motifs is 9. The average molecular weight is 700 g/mol. The van der Waals surface area contributed by atoms with Crippen LogP contribution >= 0.6 is 0 Å². The van der Waals surface area contributed by atoms with E-state index in [0.717, 1.165) is 82.8 Å². The van der Waals surface area contributed by atoms with E-state index in [1.165, 1.54) is 10.8 Å². The summed E-state index contributed by atoms with van der Waals surface area (Å²) in [6, 6.07) is 61.2. The van der Waals surface area contributed by atoms with Crippen LogP contribution < -0.4 is 0 Å². The lowest BCUT2D eigenvalue weighted by Crippen LogP contribution is -2.00. The van der Waals surface area contributed by atoms with E-state index in [1.807, 2.05) is 30.3 Å². The second kappa shape index (κ2) is 11.8. The maximum atomic E-state index is 8.45. The Morgan fingerprint density at radius 3 is 1.58 bits per heavy atom. The molecule has 5 heteroatoms. The van der Waals surface area contributed by atoms with Crippen molar-refractivity contribution in [2.24, 2.45) is 0 Å². The summed E-state index contributed by atoms with van der Waals surface area (Å²) in [4.78, 5) is 8.00. The number of aromatic nitrogens is 3. The summed E-state index contributed by atoms with van der Waals surface area (Å²) < 4.78 is 6.93. The van der Waals surface area contributed by atoms with Crippen molar-refractivity contribution in [3.05, 3.63) is 199 Å². The molecule has 3 heterocycles. The van der Waals surface area contributed by atoms with E-state index in [0.29, 0.717) is 11.4 Å². The third kappa shape index (κ3) is 4.39. The summed E-state index contributed by atoms with van der Waals surface area (Å²) in [5.41, 5.74) is 12.5. The molecule has 0 saturated carbocycles. The van der Waals surface area contributed by atoms with Gasteiger partial charge in [-0.1, -0.05) is 115 Å². The van der Waals surface area contributed by atoms with Crippen molar-refractivity contribution in [3.63, 3.8) is 0 Å². The van der Waals surface area contributed by atoms with Crippen LogP contribution in [0.3, 0.4) is 0 Å². The van der Waals surface area contributed by atoms with Crippen LogP contribution in [0.15, 0.2) is 176 Å². The molecule has 11 rings (SSSR count). The highest BCUT2D eigenvalue weighted by Crippen LogP contribution is 2.42. The first-order chi connectivity index (χ1) is 27.2. The van der Waals surface area contributed by atoms with E-state index >= 15 is 0 Å². The van der Waals surface area contributed by atoms with Crippen LogP contribution in [-0.4, -0.2) is 13.7 Å². The van der Waals surface area contributed by atoms with Crippen molar-refractivity contribution in [1.82, 2.24) is 13.7 Å². The lowest BCUT2D eigenvalue weighted by Gasteiger charge is -2.16. The van der Waals surface area contributed by atoms with Crippen molar-refractivity contribution >= 4 is 76.8 Å². The minimum absolute atomic E-state index is 0.576. The van der Waals surface area contributed by atoms with Crippen molar-refractivity contribution in [1.29, 1.82) is 0 Å². The highest BCUT2D eigenvalue weighted by molar-refractivity contribution is 6.16. The van der Waals surface area contributed by atoms with Gasteiger partial charge in [-0.05, 0) is 77.2 Å². The van der Waals surface area contributed by atoms with Crippen molar-refractivity contribution < 1.29 is 0 Å². The lowest BCUT2D eigenvalue weighted by atomic mass is 10.0. The molecule has 11 aromatic rings. The second-order valence-electron chi connectivity index (χ2n) is 13.9. The minimum Gasteiger partial charge on any atom is -0.311 e. The van der Waals surface area contributed by atoms with E-state index in [2.05, 4.69) is 169 Å². The quantitative estimate of drug-likeness (QED) is 0.163. The third-order valence-corrected chi connectivity index (χ3v) is 11.1. The Hall–Kier alpha value is -7.86. The van der Waals surface area contributed by atoms with Crippen LogP contribution in [0.5, 0.6) is 0 Å². The van der Waals surface area contributed by atoms with Gasteiger partial charge in [0.15, 0.2) is 11.4 Å². The summed E-state index contributed by atoms with van der Waals surface area (Å²) in [6.07, 6.45) is 0. The maximum Gasteiger partial charge on any atom is 0.197 e. The Balaban J connectivity index is 1.13. The molecule has 5 nitrogen and oxygen atoms in total. The van der Waals surface area contributed by atoms with Gasteiger partial charge in [0.1, 0.15) is 0 Å². The highest BCUT2D eigenvalue weighted by Gasteiger charge is 2.21. The number of hydrogen-bond donors (Lipinski definition) is 0. The van der Waals surface area contributed by atoms with E-state index < -0.39 is 0 Å². The zero-order chi connectivity index (χ0) is 36.6. The number of nitrogens with zero attached hydrogens (tertiary/aromatic N) is 5. The fraction of sp³-hybridized carbons (Fsp3) is 0. The van der Waals surface area contributed by atoms with Gasteiger partial charge in [-0.25, -0.2) is 9.69 Å². The predicted molar refractivity (Wildman–Crippen MR) is 227 cm³/mol. The van der Waals surface area contributed by atoms with Crippen LogP contribution in [0.25, 0.3) is 103 Å². The van der Waals surface area contributed by atoms with E-state index in [-0.39, 0.29) is 0 Å². The first-order valence-corrected chi connectivity index (χ1v) is 18.3. The molecule has 0 N–H and O–H groups in total. The van der Waals surface area contributed by atoms with Crippen molar-refractivity contribution in [3.8, 4) is 28.2 Å². The summed E-state index contributed by atoms with van der Waals surface area (Å²) in [6.45, 7) is 16.3. The van der Waals surface area contributed by atoms with E-state index in [1.54, 1.807) is 0 Å². The van der Waals surface area contributed by atoms with E-state index in [9.17, 15) is 0 Å². The Labute approximate surface area is 316 Å². The van der Waals surface area contributed by atoms with Crippen LogP contribution in [0.2, 0.25) is 0 Å². The lowest BCUT2D eigenvalue weighted by molar-refractivity contribution is 1.13. The Bertz CT molecular complexity index is 3420. The summed E-state index contributed by atoms with van der Waals surface area (Å²) >= 11 is 0. The second-order valence-corrected chi connectivity index (χ2v) is 13.9. The largest absolute Gasteiger partial charge is 0.311 e. The maximum absolute atomic E-state index is 8.45. The zero-order valence-corrected chi connectivity index (χ0v) is 29.5. The molecule has 0 atom stereocenters. The Kier molecular flexibility index (Phi) is 6.61. The molecule has 0 radical (unpaired) electrons. The van der Waals surface area contributed by atoms with Gasteiger partial charge in [-0.3, -0.25) is 0 Å². The highest BCUT2D eigenvalue weighted by atomic mass is 15.1. The van der Waals surface area contributed by atoms with Gasteiger partial charge in [-0.2, -0.15) is 0 Å². The molecule has 3 aromatic heterocycles. The number of rotatable bonds is 4. The molecule has 0 unspecified atom stereocenters.